The van der Waals surface area contributed by atoms with Crippen LogP contribution in [-0.4, -0.2) is 66.9 Å². The van der Waals surface area contributed by atoms with Crippen molar-refractivity contribution < 1.29 is 9.18 Å². The van der Waals surface area contributed by atoms with E-state index in [-0.39, 0.29) is 11.7 Å². The molecule has 1 unspecified atom stereocenters. The molecule has 3 rings (SSSR count). The van der Waals surface area contributed by atoms with Crippen LogP contribution in [0.2, 0.25) is 0 Å². The standard InChI is InChI=1S/C17H24FN3O/c1-19-6-8-20(9-7-19)11-15-10-17(22)21(13-15)12-14-2-4-16(18)5-3-14/h2-5,15H,6-13H2,1H3. The maximum atomic E-state index is 12.9. The summed E-state index contributed by atoms with van der Waals surface area (Å²) in [5.74, 6) is 0.421. The number of rotatable bonds is 4. The van der Waals surface area contributed by atoms with Gasteiger partial charge in [0.15, 0.2) is 0 Å². The van der Waals surface area contributed by atoms with Crippen molar-refractivity contribution >= 4 is 5.91 Å². The minimum Gasteiger partial charge on any atom is -0.338 e. The summed E-state index contributed by atoms with van der Waals surface area (Å²) < 4.78 is 12.9. The summed E-state index contributed by atoms with van der Waals surface area (Å²) in [5, 5.41) is 0. The molecule has 120 valence electrons. The molecule has 2 saturated heterocycles. The smallest absolute Gasteiger partial charge is 0.223 e. The molecule has 2 aliphatic rings. The van der Waals surface area contributed by atoms with Gasteiger partial charge in [-0.25, -0.2) is 4.39 Å². The Morgan fingerprint density at radius 3 is 2.50 bits per heavy atom. The predicted octanol–water partition coefficient (Wildman–Crippen LogP) is 1.42. The lowest BCUT2D eigenvalue weighted by molar-refractivity contribution is -0.128. The zero-order chi connectivity index (χ0) is 15.5. The van der Waals surface area contributed by atoms with Crippen molar-refractivity contribution in [2.45, 2.75) is 13.0 Å². The molecule has 0 spiro atoms. The number of hydrogen-bond acceptors (Lipinski definition) is 3. The van der Waals surface area contributed by atoms with Gasteiger partial charge in [0.25, 0.3) is 0 Å². The number of halogens is 1. The summed E-state index contributed by atoms with van der Waals surface area (Å²) in [6.07, 6.45) is 0.646. The molecule has 2 aliphatic heterocycles. The van der Waals surface area contributed by atoms with Crippen molar-refractivity contribution in [3.63, 3.8) is 0 Å². The average molecular weight is 305 g/mol. The van der Waals surface area contributed by atoms with E-state index in [0.717, 1.165) is 44.8 Å². The fraction of sp³-hybridized carbons (Fsp3) is 0.588. The monoisotopic (exact) mass is 305 g/mol. The van der Waals surface area contributed by atoms with Gasteiger partial charge in [-0.1, -0.05) is 12.1 Å². The molecule has 5 heteroatoms. The molecule has 4 nitrogen and oxygen atoms in total. The number of likely N-dealkylation sites (N-methyl/N-ethyl adjacent to an activating group) is 1. The van der Waals surface area contributed by atoms with Gasteiger partial charge in [0.05, 0.1) is 0 Å². The van der Waals surface area contributed by atoms with Crippen LogP contribution in [0.4, 0.5) is 4.39 Å². The van der Waals surface area contributed by atoms with Crippen LogP contribution in [0.3, 0.4) is 0 Å². The fourth-order valence-electron chi connectivity index (χ4n) is 3.33. The van der Waals surface area contributed by atoms with Gasteiger partial charge < -0.3 is 14.7 Å². The van der Waals surface area contributed by atoms with E-state index in [1.54, 1.807) is 12.1 Å². The van der Waals surface area contributed by atoms with Gasteiger partial charge in [-0.15, -0.1) is 0 Å². The maximum Gasteiger partial charge on any atom is 0.223 e. The van der Waals surface area contributed by atoms with Crippen LogP contribution in [0.15, 0.2) is 24.3 Å². The largest absolute Gasteiger partial charge is 0.338 e. The van der Waals surface area contributed by atoms with E-state index in [2.05, 4.69) is 16.8 Å². The molecule has 0 aliphatic carbocycles. The molecule has 1 amide bonds. The highest BCUT2D eigenvalue weighted by atomic mass is 19.1. The third kappa shape index (κ3) is 3.84. The molecule has 2 heterocycles. The number of benzene rings is 1. The minimum atomic E-state index is -0.232. The first kappa shape index (κ1) is 15.4. The van der Waals surface area contributed by atoms with Crippen LogP contribution in [0.1, 0.15) is 12.0 Å². The second-order valence-corrected chi connectivity index (χ2v) is 6.57. The Morgan fingerprint density at radius 1 is 1.14 bits per heavy atom. The lowest BCUT2D eigenvalue weighted by Crippen LogP contribution is -2.46. The van der Waals surface area contributed by atoms with Gasteiger partial charge in [-0.05, 0) is 30.7 Å². The molecule has 22 heavy (non-hydrogen) atoms. The Hall–Kier alpha value is -1.46. The highest BCUT2D eigenvalue weighted by molar-refractivity contribution is 5.78. The fourth-order valence-corrected chi connectivity index (χ4v) is 3.33. The summed E-state index contributed by atoms with van der Waals surface area (Å²) >= 11 is 0. The van der Waals surface area contributed by atoms with Gasteiger partial charge in [0.2, 0.25) is 5.91 Å². The first-order valence-corrected chi connectivity index (χ1v) is 8.03. The number of hydrogen-bond donors (Lipinski definition) is 0. The van der Waals surface area contributed by atoms with Gasteiger partial charge >= 0.3 is 0 Å². The molecular formula is C17H24FN3O. The van der Waals surface area contributed by atoms with E-state index in [1.165, 1.54) is 12.1 Å². The van der Waals surface area contributed by atoms with E-state index < -0.39 is 0 Å². The Bertz CT molecular complexity index is 511. The van der Waals surface area contributed by atoms with Crippen LogP contribution < -0.4 is 0 Å². The third-order valence-corrected chi connectivity index (χ3v) is 4.69. The second kappa shape index (κ2) is 6.75. The number of nitrogens with zero attached hydrogens (tertiary/aromatic N) is 3. The van der Waals surface area contributed by atoms with Crippen molar-refractivity contribution in [2.24, 2.45) is 5.92 Å². The van der Waals surface area contributed by atoms with Crippen LogP contribution in [0.25, 0.3) is 0 Å². The molecule has 1 aromatic carbocycles. The van der Waals surface area contributed by atoms with Crippen molar-refractivity contribution in [3.05, 3.63) is 35.6 Å². The highest BCUT2D eigenvalue weighted by Gasteiger charge is 2.31. The van der Waals surface area contributed by atoms with E-state index in [4.69, 9.17) is 0 Å². The lowest BCUT2D eigenvalue weighted by atomic mass is 10.1. The summed E-state index contributed by atoms with van der Waals surface area (Å²) in [5.41, 5.74) is 0.995. The molecular weight excluding hydrogens is 281 g/mol. The second-order valence-electron chi connectivity index (χ2n) is 6.57. The highest BCUT2D eigenvalue weighted by Crippen LogP contribution is 2.21. The van der Waals surface area contributed by atoms with Crippen molar-refractivity contribution in [2.75, 3.05) is 46.3 Å². The predicted molar refractivity (Wildman–Crippen MR) is 83.9 cm³/mol. The molecule has 2 fully saturated rings. The normalized spacial score (nSPS) is 24.2. The SMILES string of the molecule is CN1CCN(CC2CC(=O)N(Cc3ccc(F)cc3)C2)CC1. The molecule has 0 N–H and O–H groups in total. The van der Waals surface area contributed by atoms with Crippen LogP contribution in [0, 0.1) is 11.7 Å². The van der Waals surface area contributed by atoms with Crippen LogP contribution >= 0.6 is 0 Å². The summed E-state index contributed by atoms with van der Waals surface area (Å²) in [4.78, 5) is 18.9. The number of carbonyl (C=O) groups is 1. The summed E-state index contributed by atoms with van der Waals surface area (Å²) in [6, 6.07) is 6.43. The molecule has 0 radical (unpaired) electrons. The zero-order valence-corrected chi connectivity index (χ0v) is 13.2. The molecule has 0 bridgehead atoms. The van der Waals surface area contributed by atoms with E-state index >= 15 is 0 Å². The van der Waals surface area contributed by atoms with Gasteiger partial charge in [0.1, 0.15) is 5.82 Å². The van der Waals surface area contributed by atoms with E-state index in [1.807, 2.05) is 4.90 Å². The Morgan fingerprint density at radius 2 is 1.82 bits per heavy atom. The van der Waals surface area contributed by atoms with Crippen LogP contribution in [0.5, 0.6) is 0 Å². The van der Waals surface area contributed by atoms with Gasteiger partial charge in [-0.2, -0.15) is 0 Å². The van der Waals surface area contributed by atoms with Gasteiger partial charge in [-0.3, -0.25) is 4.79 Å². The van der Waals surface area contributed by atoms with E-state index in [9.17, 15) is 9.18 Å². The Balaban J connectivity index is 1.51. The molecule has 1 aromatic rings. The summed E-state index contributed by atoms with van der Waals surface area (Å²) in [6.45, 7) is 6.85. The van der Waals surface area contributed by atoms with Crippen molar-refractivity contribution in [3.8, 4) is 0 Å². The van der Waals surface area contributed by atoms with Crippen molar-refractivity contribution in [1.82, 2.24) is 14.7 Å². The topological polar surface area (TPSA) is 26.8 Å². The van der Waals surface area contributed by atoms with Crippen LogP contribution in [-0.2, 0) is 11.3 Å². The third-order valence-electron chi connectivity index (χ3n) is 4.69. The quantitative estimate of drug-likeness (QED) is 0.842. The Labute approximate surface area is 131 Å². The van der Waals surface area contributed by atoms with Gasteiger partial charge in [0, 0.05) is 52.2 Å². The first-order chi connectivity index (χ1) is 10.6. The summed E-state index contributed by atoms with van der Waals surface area (Å²) in [7, 11) is 2.15. The number of piperazine rings is 1. The first-order valence-electron chi connectivity index (χ1n) is 8.03. The minimum absolute atomic E-state index is 0.225. The molecule has 0 saturated carbocycles. The molecule has 0 aromatic heterocycles. The zero-order valence-electron chi connectivity index (χ0n) is 13.2. The maximum absolute atomic E-state index is 12.9. The number of likely N-dealkylation sites (tertiary alicyclic amines) is 1. The number of carbonyl (C=O) groups excluding carboxylic acids is 1. The molecule has 1 atom stereocenters. The number of amides is 1. The lowest BCUT2D eigenvalue weighted by Gasteiger charge is -2.33. The Kier molecular flexibility index (Phi) is 4.74. The van der Waals surface area contributed by atoms with E-state index in [0.29, 0.717) is 18.9 Å². The van der Waals surface area contributed by atoms with Crippen molar-refractivity contribution in [1.29, 1.82) is 0 Å². The average Bonchev–Trinajstić information content (AvgIpc) is 2.84.